The Hall–Kier alpha value is -1.22. The Morgan fingerprint density at radius 3 is 2.20 bits per heavy atom. The fourth-order valence-corrected chi connectivity index (χ4v) is 2.61. The van der Waals surface area contributed by atoms with Crippen molar-refractivity contribution in [3.8, 4) is 5.75 Å². The summed E-state index contributed by atoms with van der Waals surface area (Å²) in [6, 6.07) is 13.7. The molecule has 1 unspecified atom stereocenters. The summed E-state index contributed by atoms with van der Waals surface area (Å²) in [7, 11) is 0. The third-order valence-corrected chi connectivity index (χ3v) is 3.40. The van der Waals surface area contributed by atoms with E-state index in [0.29, 0.717) is 22.4 Å². The lowest BCUT2D eigenvalue weighted by Crippen LogP contribution is -2.17. The van der Waals surface area contributed by atoms with Crippen LogP contribution in [0.1, 0.15) is 18.1 Å². The van der Waals surface area contributed by atoms with Gasteiger partial charge in [0.1, 0.15) is 6.61 Å². The molecule has 0 bridgehead atoms. The summed E-state index contributed by atoms with van der Waals surface area (Å²) in [5.74, 6) is 0.519. The van der Waals surface area contributed by atoms with E-state index < -0.39 is 0 Å². The first-order valence-corrected chi connectivity index (χ1v) is 7.22. The van der Waals surface area contributed by atoms with Crippen LogP contribution >= 0.6 is 23.2 Å². The molecule has 0 amide bonds. The summed E-state index contributed by atoms with van der Waals surface area (Å²) < 4.78 is 5.72. The Morgan fingerprint density at radius 1 is 1.05 bits per heavy atom. The summed E-state index contributed by atoms with van der Waals surface area (Å²) in [6.45, 7) is 2.38. The van der Waals surface area contributed by atoms with Gasteiger partial charge in [0.2, 0.25) is 0 Å². The highest BCUT2D eigenvalue weighted by Gasteiger charge is 2.11. The van der Waals surface area contributed by atoms with Gasteiger partial charge in [0.05, 0.1) is 10.0 Å². The summed E-state index contributed by atoms with van der Waals surface area (Å²) in [5, 5.41) is 1.04. The van der Waals surface area contributed by atoms with Crippen LogP contribution in [0.15, 0.2) is 42.5 Å². The lowest BCUT2D eigenvalue weighted by Gasteiger charge is -2.13. The lowest BCUT2D eigenvalue weighted by atomic mass is 10.1. The maximum atomic E-state index is 6.23. The van der Waals surface area contributed by atoms with Crippen molar-refractivity contribution in [1.82, 2.24) is 0 Å². The van der Waals surface area contributed by atoms with Crippen LogP contribution in [0, 0.1) is 0 Å². The number of ether oxygens (including phenoxy) is 1. The average molecular weight is 310 g/mol. The van der Waals surface area contributed by atoms with Gasteiger partial charge in [-0.05, 0) is 36.6 Å². The number of hydrogen-bond acceptors (Lipinski definition) is 2. The van der Waals surface area contributed by atoms with E-state index in [-0.39, 0.29) is 6.04 Å². The van der Waals surface area contributed by atoms with Gasteiger partial charge in [-0.3, -0.25) is 0 Å². The highest BCUT2D eigenvalue weighted by Crippen LogP contribution is 2.35. The van der Waals surface area contributed by atoms with Crippen LogP contribution in [0.5, 0.6) is 5.75 Å². The topological polar surface area (TPSA) is 35.2 Å². The maximum absolute atomic E-state index is 6.23. The van der Waals surface area contributed by atoms with E-state index in [4.69, 9.17) is 33.7 Å². The quantitative estimate of drug-likeness (QED) is 0.885. The summed E-state index contributed by atoms with van der Waals surface area (Å²) in [6.07, 6.45) is 0.735. The van der Waals surface area contributed by atoms with Crippen molar-refractivity contribution >= 4 is 23.2 Å². The van der Waals surface area contributed by atoms with E-state index in [1.54, 1.807) is 0 Å². The summed E-state index contributed by atoms with van der Waals surface area (Å²) >= 11 is 12.5. The van der Waals surface area contributed by atoms with Crippen molar-refractivity contribution in [2.24, 2.45) is 5.73 Å². The second-order valence-corrected chi connectivity index (χ2v) is 5.66. The number of halogens is 2. The zero-order chi connectivity index (χ0) is 14.5. The molecule has 0 aliphatic heterocycles. The van der Waals surface area contributed by atoms with Gasteiger partial charge >= 0.3 is 0 Å². The summed E-state index contributed by atoms with van der Waals surface area (Å²) in [5.41, 5.74) is 7.86. The molecule has 1 atom stereocenters. The fourth-order valence-electron chi connectivity index (χ4n) is 1.97. The molecule has 0 saturated carbocycles. The van der Waals surface area contributed by atoms with Crippen LogP contribution in [0.4, 0.5) is 0 Å². The molecular formula is C16H17Cl2NO. The predicted molar refractivity (Wildman–Crippen MR) is 84.6 cm³/mol. The van der Waals surface area contributed by atoms with E-state index in [0.717, 1.165) is 17.5 Å². The Bertz CT molecular complexity index is 547. The molecule has 0 aliphatic carbocycles. The molecule has 106 valence electrons. The monoisotopic (exact) mass is 309 g/mol. The molecule has 0 heterocycles. The minimum Gasteiger partial charge on any atom is -0.486 e. The van der Waals surface area contributed by atoms with Gasteiger partial charge in [0.15, 0.2) is 5.75 Å². The molecule has 0 saturated heterocycles. The Kier molecular flexibility index (Phi) is 5.30. The first-order valence-electron chi connectivity index (χ1n) is 6.46. The second-order valence-electron chi connectivity index (χ2n) is 4.84. The molecule has 0 spiro atoms. The zero-order valence-corrected chi connectivity index (χ0v) is 12.8. The molecular weight excluding hydrogens is 293 g/mol. The average Bonchev–Trinajstić information content (AvgIpc) is 2.38. The standard InChI is InChI=1S/C16H17Cl2NO/c1-11(19)7-13-8-14(17)16(15(18)9-13)20-10-12-5-3-2-4-6-12/h2-6,8-9,11H,7,10,19H2,1H3. The number of benzene rings is 2. The first-order chi connectivity index (χ1) is 9.56. The van der Waals surface area contributed by atoms with Gasteiger partial charge in [0.25, 0.3) is 0 Å². The van der Waals surface area contributed by atoms with Gasteiger partial charge in [-0.2, -0.15) is 0 Å². The fraction of sp³-hybridized carbons (Fsp3) is 0.250. The molecule has 0 aromatic heterocycles. The maximum Gasteiger partial charge on any atom is 0.156 e. The molecule has 4 heteroatoms. The van der Waals surface area contributed by atoms with E-state index in [1.165, 1.54) is 0 Å². The van der Waals surface area contributed by atoms with Crippen LogP contribution in [-0.2, 0) is 13.0 Å². The van der Waals surface area contributed by atoms with Crippen LogP contribution in [-0.4, -0.2) is 6.04 Å². The number of rotatable bonds is 5. The molecule has 2 N–H and O–H groups in total. The van der Waals surface area contributed by atoms with E-state index in [1.807, 2.05) is 49.4 Å². The molecule has 2 aromatic rings. The van der Waals surface area contributed by atoms with Crippen LogP contribution in [0.2, 0.25) is 10.0 Å². The molecule has 20 heavy (non-hydrogen) atoms. The highest BCUT2D eigenvalue weighted by molar-refractivity contribution is 6.37. The van der Waals surface area contributed by atoms with Crippen LogP contribution in [0.25, 0.3) is 0 Å². The van der Waals surface area contributed by atoms with E-state index >= 15 is 0 Å². The van der Waals surface area contributed by atoms with Crippen molar-refractivity contribution in [1.29, 1.82) is 0 Å². The molecule has 0 aliphatic rings. The van der Waals surface area contributed by atoms with Crippen LogP contribution in [0.3, 0.4) is 0 Å². The predicted octanol–water partition coefficient (Wildman–Crippen LogP) is 4.46. The Labute approximate surface area is 129 Å². The minimum absolute atomic E-state index is 0.0678. The zero-order valence-electron chi connectivity index (χ0n) is 11.3. The largest absolute Gasteiger partial charge is 0.486 e. The van der Waals surface area contributed by atoms with Crippen molar-refractivity contribution < 1.29 is 4.74 Å². The molecule has 0 fully saturated rings. The van der Waals surface area contributed by atoms with Gasteiger partial charge in [-0.15, -0.1) is 0 Å². The minimum atomic E-state index is 0.0678. The third-order valence-electron chi connectivity index (χ3n) is 2.84. The van der Waals surface area contributed by atoms with Crippen LogP contribution < -0.4 is 10.5 Å². The Balaban J connectivity index is 2.12. The molecule has 2 aromatic carbocycles. The first kappa shape index (κ1) is 15.2. The second kappa shape index (κ2) is 6.98. The Morgan fingerprint density at radius 2 is 1.65 bits per heavy atom. The van der Waals surface area contributed by atoms with Gasteiger partial charge in [0, 0.05) is 6.04 Å². The third kappa shape index (κ3) is 4.14. The van der Waals surface area contributed by atoms with Gasteiger partial charge < -0.3 is 10.5 Å². The van der Waals surface area contributed by atoms with Crippen molar-refractivity contribution in [2.75, 3.05) is 0 Å². The van der Waals surface area contributed by atoms with Crippen molar-refractivity contribution in [2.45, 2.75) is 26.0 Å². The smallest absolute Gasteiger partial charge is 0.156 e. The molecule has 2 rings (SSSR count). The van der Waals surface area contributed by atoms with Crippen molar-refractivity contribution in [3.63, 3.8) is 0 Å². The van der Waals surface area contributed by atoms with Crippen molar-refractivity contribution in [3.05, 3.63) is 63.6 Å². The van der Waals surface area contributed by atoms with Gasteiger partial charge in [-0.1, -0.05) is 53.5 Å². The summed E-state index contributed by atoms with van der Waals surface area (Å²) in [4.78, 5) is 0. The normalized spacial score (nSPS) is 12.2. The lowest BCUT2D eigenvalue weighted by molar-refractivity contribution is 0.306. The molecule has 0 radical (unpaired) electrons. The molecule has 2 nitrogen and oxygen atoms in total. The van der Waals surface area contributed by atoms with E-state index in [9.17, 15) is 0 Å². The van der Waals surface area contributed by atoms with E-state index in [2.05, 4.69) is 0 Å². The SMILES string of the molecule is CC(N)Cc1cc(Cl)c(OCc2ccccc2)c(Cl)c1. The highest BCUT2D eigenvalue weighted by atomic mass is 35.5. The van der Waals surface area contributed by atoms with Gasteiger partial charge in [-0.25, -0.2) is 0 Å². The number of nitrogens with two attached hydrogens (primary N) is 1. The number of hydrogen-bond donors (Lipinski definition) is 1.